The van der Waals surface area contributed by atoms with Crippen LogP contribution in [0.3, 0.4) is 0 Å². The van der Waals surface area contributed by atoms with Crippen LogP contribution in [0, 0.1) is 5.82 Å². The SMILES string of the molecule is CC(CN)(CCc1ccccc1)Nc1cc(F)cc(Cl)c1. The van der Waals surface area contributed by atoms with E-state index in [1.54, 1.807) is 6.07 Å². The average molecular weight is 307 g/mol. The first kappa shape index (κ1) is 15.8. The average Bonchev–Trinajstić information content (AvgIpc) is 2.45. The summed E-state index contributed by atoms with van der Waals surface area (Å²) >= 11 is 5.88. The lowest BCUT2D eigenvalue weighted by Crippen LogP contribution is -2.43. The fourth-order valence-corrected chi connectivity index (χ4v) is 2.48. The normalized spacial score (nSPS) is 13.7. The van der Waals surface area contributed by atoms with Gasteiger partial charge in [-0.15, -0.1) is 0 Å². The fourth-order valence-electron chi connectivity index (χ4n) is 2.25. The maximum Gasteiger partial charge on any atom is 0.126 e. The number of aryl methyl sites for hydroxylation is 1. The molecular formula is C17H20ClFN2. The lowest BCUT2D eigenvalue weighted by molar-refractivity contribution is 0.482. The van der Waals surface area contributed by atoms with Gasteiger partial charge in [-0.3, -0.25) is 0 Å². The molecule has 0 amide bonds. The summed E-state index contributed by atoms with van der Waals surface area (Å²) in [5, 5.41) is 3.68. The molecular weight excluding hydrogens is 287 g/mol. The molecule has 112 valence electrons. The summed E-state index contributed by atoms with van der Waals surface area (Å²) in [6.07, 6.45) is 1.76. The predicted octanol–water partition coefficient (Wildman–Crippen LogP) is 4.24. The molecule has 2 rings (SSSR count). The zero-order valence-corrected chi connectivity index (χ0v) is 12.8. The molecule has 1 atom stereocenters. The third-order valence-electron chi connectivity index (χ3n) is 3.57. The molecule has 0 saturated carbocycles. The highest BCUT2D eigenvalue weighted by Gasteiger charge is 2.22. The lowest BCUT2D eigenvalue weighted by atomic mass is 9.93. The topological polar surface area (TPSA) is 38.0 Å². The van der Waals surface area contributed by atoms with Crippen molar-refractivity contribution in [2.75, 3.05) is 11.9 Å². The first-order chi connectivity index (χ1) is 10.0. The largest absolute Gasteiger partial charge is 0.378 e. The maximum absolute atomic E-state index is 13.4. The highest BCUT2D eigenvalue weighted by molar-refractivity contribution is 6.30. The lowest BCUT2D eigenvalue weighted by Gasteiger charge is -2.31. The van der Waals surface area contributed by atoms with E-state index in [-0.39, 0.29) is 11.4 Å². The van der Waals surface area contributed by atoms with Crippen LogP contribution in [0.25, 0.3) is 0 Å². The Labute approximate surface area is 130 Å². The van der Waals surface area contributed by atoms with Crippen LogP contribution in [0.4, 0.5) is 10.1 Å². The van der Waals surface area contributed by atoms with Gasteiger partial charge in [0.25, 0.3) is 0 Å². The summed E-state index contributed by atoms with van der Waals surface area (Å²) < 4.78 is 13.4. The molecule has 2 aromatic carbocycles. The van der Waals surface area contributed by atoms with Crippen LogP contribution in [-0.2, 0) is 6.42 Å². The molecule has 0 spiro atoms. The molecule has 2 aromatic rings. The van der Waals surface area contributed by atoms with E-state index in [2.05, 4.69) is 17.4 Å². The second-order valence-corrected chi connectivity index (χ2v) is 5.97. The first-order valence-corrected chi connectivity index (χ1v) is 7.37. The highest BCUT2D eigenvalue weighted by Crippen LogP contribution is 2.24. The van der Waals surface area contributed by atoms with Crippen LogP contribution in [0.15, 0.2) is 48.5 Å². The van der Waals surface area contributed by atoms with E-state index in [9.17, 15) is 4.39 Å². The van der Waals surface area contributed by atoms with E-state index in [0.29, 0.717) is 17.3 Å². The van der Waals surface area contributed by atoms with Crippen LogP contribution >= 0.6 is 11.6 Å². The van der Waals surface area contributed by atoms with Gasteiger partial charge in [0.2, 0.25) is 0 Å². The fraction of sp³-hybridized carbons (Fsp3) is 0.294. The maximum atomic E-state index is 13.4. The molecule has 0 aromatic heterocycles. The van der Waals surface area contributed by atoms with Crippen molar-refractivity contribution < 1.29 is 4.39 Å². The van der Waals surface area contributed by atoms with Gasteiger partial charge in [0.1, 0.15) is 5.82 Å². The number of hydrogen-bond acceptors (Lipinski definition) is 2. The van der Waals surface area contributed by atoms with Gasteiger partial charge in [0, 0.05) is 22.8 Å². The molecule has 0 radical (unpaired) electrons. The van der Waals surface area contributed by atoms with Gasteiger partial charge in [-0.05, 0) is 43.5 Å². The summed E-state index contributed by atoms with van der Waals surface area (Å²) in [6, 6.07) is 14.7. The molecule has 0 saturated heterocycles. The van der Waals surface area contributed by atoms with E-state index in [1.807, 2.05) is 25.1 Å². The minimum atomic E-state index is -0.354. The van der Waals surface area contributed by atoms with Crippen molar-refractivity contribution >= 4 is 17.3 Å². The Hall–Kier alpha value is -1.58. The molecule has 0 aliphatic rings. The van der Waals surface area contributed by atoms with Gasteiger partial charge in [-0.2, -0.15) is 0 Å². The van der Waals surface area contributed by atoms with Gasteiger partial charge in [0.15, 0.2) is 0 Å². The molecule has 21 heavy (non-hydrogen) atoms. The smallest absolute Gasteiger partial charge is 0.126 e. The zero-order chi connectivity index (χ0) is 15.3. The Bertz CT molecular complexity index is 568. The van der Waals surface area contributed by atoms with E-state index in [1.165, 1.54) is 17.7 Å². The Morgan fingerprint density at radius 3 is 2.52 bits per heavy atom. The molecule has 0 aliphatic carbocycles. The number of benzene rings is 2. The third kappa shape index (κ3) is 4.73. The molecule has 0 aliphatic heterocycles. The molecule has 1 unspecified atom stereocenters. The minimum Gasteiger partial charge on any atom is -0.378 e. The van der Waals surface area contributed by atoms with Crippen LogP contribution in [0.1, 0.15) is 18.9 Å². The summed E-state index contributed by atoms with van der Waals surface area (Å²) in [6.45, 7) is 2.49. The number of nitrogens with two attached hydrogens (primary N) is 1. The first-order valence-electron chi connectivity index (χ1n) is 6.99. The number of halogens is 2. The van der Waals surface area contributed by atoms with E-state index in [0.717, 1.165) is 12.8 Å². The summed E-state index contributed by atoms with van der Waals surface area (Å²) in [5.41, 5.74) is 7.51. The van der Waals surface area contributed by atoms with Crippen molar-refractivity contribution in [3.05, 3.63) is 64.9 Å². The van der Waals surface area contributed by atoms with E-state index < -0.39 is 0 Å². The number of anilines is 1. The van der Waals surface area contributed by atoms with Gasteiger partial charge in [-0.1, -0.05) is 41.9 Å². The summed E-state index contributed by atoms with van der Waals surface area (Å²) in [5.74, 6) is -0.354. The highest BCUT2D eigenvalue weighted by atomic mass is 35.5. The molecule has 2 nitrogen and oxygen atoms in total. The second-order valence-electron chi connectivity index (χ2n) is 5.53. The van der Waals surface area contributed by atoms with Crippen LogP contribution < -0.4 is 11.1 Å². The van der Waals surface area contributed by atoms with E-state index in [4.69, 9.17) is 17.3 Å². The van der Waals surface area contributed by atoms with Crippen molar-refractivity contribution in [3.8, 4) is 0 Å². The predicted molar refractivity (Wildman–Crippen MR) is 87.3 cm³/mol. The Morgan fingerprint density at radius 1 is 1.19 bits per heavy atom. The van der Waals surface area contributed by atoms with Crippen LogP contribution in [0.2, 0.25) is 5.02 Å². The van der Waals surface area contributed by atoms with Crippen molar-refractivity contribution in [1.29, 1.82) is 0 Å². The van der Waals surface area contributed by atoms with Crippen LogP contribution in [0.5, 0.6) is 0 Å². The van der Waals surface area contributed by atoms with Gasteiger partial charge in [-0.25, -0.2) is 4.39 Å². The quantitative estimate of drug-likeness (QED) is 0.837. The molecule has 3 N–H and O–H groups in total. The minimum absolute atomic E-state index is 0.313. The number of hydrogen-bond donors (Lipinski definition) is 2. The molecule has 4 heteroatoms. The number of rotatable bonds is 6. The van der Waals surface area contributed by atoms with Gasteiger partial charge in [0.05, 0.1) is 0 Å². The Balaban J connectivity index is 2.06. The Kier molecular flexibility index (Phi) is 5.21. The third-order valence-corrected chi connectivity index (χ3v) is 3.79. The van der Waals surface area contributed by atoms with Crippen molar-refractivity contribution in [2.24, 2.45) is 5.73 Å². The van der Waals surface area contributed by atoms with Gasteiger partial charge < -0.3 is 11.1 Å². The van der Waals surface area contributed by atoms with Crippen molar-refractivity contribution in [2.45, 2.75) is 25.3 Å². The van der Waals surface area contributed by atoms with Crippen molar-refractivity contribution in [1.82, 2.24) is 0 Å². The summed E-state index contributed by atoms with van der Waals surface area (Å²) in [4.78, 5) is 0. The molecule has 0 heterocycles. The number of nitrogens with one attached hydrogen (secondary N) is 1. The molecule has 0 fully saturated rings. The summed E-state index contributed by atoms with van der Waals surface area (Å²) in [7, 11) is 0. The second kappa shape index (κ2) is 6.92. The standard InChI is InChI=1S/C17H20ClFN2/c1-17(12-20,8-7-13-5-3-2-4-6-13)21-16-10-14(18)9-15(19)11-16/h2-6,9-11,21H,7-8,12,20H2,1H3. The Morgan fingerprint density at radius 2 is 1.90 bits per heavy atom. The monoisotopic (exact) mass is 306 g/mol. The van der Waals surface area contributed by atoms with Gasteiger partial charge >= 0.3 is 0 Å². The van der Waals surface area contributed by atoms with Crippen LogP contribution in [-0.4, -0.2) is 12.1 Å². The molecule has 0 bridgehead atoms. The van der Waals surface area contributed by atoms with Crippen molar-refractivity contribution in [3.63, 3.8) is 0 Å². The van der Waals surface area contributed by atoms with E-state index >= 15 is 0 Å². The zero-order valence-electron chi connectivity index (χ0n) is 12.1.